The Balaban J connectivity index is 0.000000707. The Labute approximate surface area is 385 Å². The van der Waals surface area contributed by atoms with Crippen molar-refractivity contribution in [2.75, 3.05) is 18.3 Å². The first-order valence-electron chi connectivity index (χ1n) is 18.5. The summed E-state index contributed by atoms with van der Waals surface area (Å²) >= 11 is 5.88. The van der Waals surface area contributed by atoms with Gasteiger partial charge in [0.05, 0.1) is 62.0 Å². The molecular formula is C42H24BClF24OS. The molecule has 0 aliphatic carbocycles. The summed E-state index contributed by atoms with van der Waals surface area (Å²) in [4.78, 5) is 11.6. The van der Waals surface area contributed by atoms with Crippen LogP contribution in [0, 0.1) is 0 Å². The Kier molecular flexibility index (Phi) is 15.9. The molecule has 0 radical (unpaired) electrons. The van der Waals surface area contributed by atoms with Crippen LogP contribution in [0.5, 0.6) is 0 Å². The number of benzene rings is 5. The third-order valence-electron chi connectivity index (χ3n) is 10.0. The Morgan fingerprint density at radius 3 is 0.757 bits per heavy atom. The first-order valence-corrected chi connectivity index (χ1v) is 21.1. The summed E-state index contributed by atoms with van der Waals surface area (Å²) in [5, 5.41) is 0.554. The van der Waals surface area contributed by atoms with Crippen molar-refractivity contribution in [3.05, 3.63) is 152 Å². The van der Waals surface area contributed by atoms with Crippen molar-refractivity contribution >= 4 is 56.3 Å². The monoisotopic (exact) mass is 1080 g/mol. The highest BCUT2D eigenvalue weighted by Gasteiger charge is 2.47. The van der Waals surface area contributed by atoms with E-state index in [4.69, 9.17) is 11.6 Å². The van der Waals surface area contributed by atoms with Crippen LogP contribution in [0.1, 0.15) is 54.9 Å². The predicted octanol–water partition coefficient (Wildman–Crippen LogP) is 13.6. The van der Waals surface area contributed by atoms with E-state index in [1.807, 2.05) is 12.1 Å². The largest absolute Gasteiger partial charge is 0.416 e. The van der Waals surface area contributed by atoms with E-state index in [2.05, 4.69) is 12.5 Å². The van der Waals surface area contributed by atoms with Gasteiger partial charge in [0, 0.05) is 5.56 Å². The number of hydrogen-bond acceptors (Lipinski definition) is 1. The van der Waals surface area contributed by atoms with Gasteiger partial charge in [-0.2, -0.15) is 127 Å². The minimum absolute atomic E-state index is 0.137. The highest BCUT2D eigenvalue weighted by Crippen LogP contribution is 2.41. The third kappa shape index (κ3) is 13.4. The van der Waals surface area contributed by atoms with E-state index >= 15 is 0 Å². The van der Waals surface area contributed by atoms with Gasteiger partial charge in [-0.3, -0.25) is 4.79 Å². The molecule has 0 spiro atoms. The lowest BCUT2D eigenvalue weighted by Crippen LogP contribution is -2.75. The third-order valence-corrected chi connectivity index (χ3v) is 11.2. The SMILES string of the molecule is C[S+](C)CC(=O)c1ccccc1Cl.FC(F)(F)c1cc([B-](c2cc(C(F)(F)F)cc(C(F)(F)F)c2)(c2cc(C(F)(F)F)cc(C(F)(F)F)c2)c2cc(C(F)(F)F)cc(C(F)(F)F)c2)cc(C(F)(F)F)c1. The van der Waals surface area contributed by atoms with Gasteiger partial charge in [0.15, 0.2) is 5.75 Å². The second kappa shape index (κ2) is 19.4. The van der Waals surface area contributed by atoms with E-state index < -0.39 is 195 Å². The van der Waals surface area contributed by atoms with Gasteiger partial charge in [0.1, 0.15) is 6.15 Å². The fraction of sp³-hybridized carbons (Fsp3) is 0.262. The summed E-state index contributed by atoms with van der Waals surface area (Å²) in [6, 6.07) is -1.62. The first kappa shape index (κ1) is 57.4. The lowest BCUT2D eigenvalue weighted by Gasteiger charge is -2.46. The molecule has 5 aromatic carbocycles. The highest BCUT2D eigenvalue weighted by molar-refractivity contribution is 7.96. The number of ketones is 1. The smallest absolute Gasteiger partial charge is 0.289 e. The number of hydrogen-bond donors (Lipinski definition) is 0. The standard InChI is InChI=1S/C32H12BF24.C10H12ClOS/c34-25(35,36)13-1-14(26(37,38)39)6-21(5-13)33(22-7-15(27(40,41)42)2-16(8-22)28(43,44)45,23-9-17(29(46,47)48)3-18(10-23)30(49,50)51)24-11-19(31(52,53)54)4-20(12-24)32(55,56)57;1-13(2)7-10(12)8-5-3-4-6-9(8)11/h1-12H;3-6H,7H2,1-2H3/q-1;+1. The summed E-state index contributed by atoms with van der Waals surface area (Å²) in [5.41, 5.74) is -29.6. The van der Waals surface area contributed by atoms with Gasteiger partial charge in [0.2, 0.25) is 5.78 Å². The van der Waals surface area contributed by atoms with E-state index in [-0.39, 0.29) is 16.7 Å². The molecule has 0 aromatic heterocycles. The van der Waals surface area contributed by atoms with Crippen LogP contribution in [0.3, 0.4) is 0 Å². The number of carbonyl (C=O) groups excluding carboxylic acids is 1. The lowest BCUT2D eigenvalue weighted by atomic mass is 9.12. The van der Waals surface area contributed by atoms with Crippen LogP contribution in [0.15, 0.2) is 97.1 Å². The molecule has 5 aromatic rings. The van der Waals surface area contributed by atoms with Gasteiger partial charge in [-0.05, 0) is 47.3 Å². The zero-order valence-corrected chi connectivity index (χ0v) is 35.9. The van der Waals surface area contributed by atoms with Crippen LogP contribution in [0.4, 0.5) is 105 Å². The molecular weight excluding hydrogens is 1050 g/mol. The number of Topliss-reactive ketones (excluding diaryl/α,β-unsaturated/α-hetero) is 1. The summed E-state index contributed by atoms with van der Waals surface area (Å²) in [5.74, 6) is 0.725. The molecule has 0 bridgehead atoms. The maximum atomic E-state index is 14.2. The van der Waals surface area contributed by atoms with Crippen LogP contribution in [-0.4, -0.2) is 30.2 Å². The molecule has 5 rings (SSSR count). The number of alkyl halides is 24. The van der Waals surface area contributed by atoms with Crippen molar-refractivity contribution in [1.82, 2.24) is 0 Å². The van der Waals surface area contributed by atoms with Crippen molar-refractivity contribution in [2.45, 2.75) is 49.4 Å². The van der Waals surface area contributed by atoms with Crippen LogP contribution < -0.4 is 21.9 Å². The minimum atomic E-state index is -6.13. The predicted molar refractivity (Wildman–Crippen MR) is 210 cm³/mol. The van der Waals surface area contributed by atoms with Crippen molar-refractivity contribution in [3.8, 4) is 0 Å². The fourth-order valence-electron chi connectivity index (χ4n) is 7.10. The molecule has 70 heavy (non-hydrogen) atoms. The van der Waals surface area contributed by atoms with Gasteiger partial charge in [-0.1, -0.05) is 72.3 Å². The number of carbonyl (C=O) groups is 1. The minimum Gasteiger partial charge on any atom is -0.289 e. The summed E-state index contributed by atoms with van der Waals surface area (Å²) in [6.07, 6.45) is -50.7. The Morgan fingerprint density at radius 1 is 0.386 bits per heavy atom. The van der Waals surface area contributed by atoms with Crippen molar-refractivity contribution in [2.24, 2.45) is 0 Å². The van der Waals surface area contributed by atoms with E-state index in [0.717, 1.165) is 0 Å². The maximum Gasteiger partial charge on any atom is 0.416 e. The second-order valence-electron chi connectivity index (χ2n) is 15.3. The Bertz CT molecular complexity index is 2270. The molecule has 1 nitrogen and oxygen atoms in total. The first-order chi connectivity index (χ1) is 31.4. The number of halogens is 25. The molecule has 0 aliphatic rings. The van der Waals surface area contributed by atoms with Crippen LogP contribution in [-0.2, 0) is 60.3 Å². The quantitative estimate of drug-likeness (QED) is 0.0687. The average molecular weight is 1080 g/mol. The molecule has 382 valence electrons. The second-order valence-corrected chi connectivity index (χ2v) is 17.9. The molecule has 28 heteroatoms. The molecule has 0 atom stereocenters. The van der Waals surface area contributed by atoms with E-state index in [9.17, 15) is 110 Å². The highest BCUT2D eigenvalue weighted by atomic mass is 35.5. The molecule has 0 fully saturated rings. The lowest BCUT2D eigenvalue weighted by molar-refractivity contribution is -0.144. The van der Waals surface area contributed by atoms with Gasteiger partial charge in [0.25, 0.3) is 0 Å². The fourth-order valence-corrected chi connectivity index (χ4v) is 8.02. The molecule has 0 saturated heterocycles. The van der Waals surface area contributed by atoms with E-state index in [0.29, 0.717) is 16.3 Å². The summed E-state index contributed by atoms with van der Waals surface area (Å²) < 4.78 is 341. The Hall–Kier alpha value is -5.21. The summed E-state index contributed by atoms with van der Waals surface area (Å²) in [6.45, 7) is 0. The van der Waals surface area contributed by atoms with Gasteiger partial charge in [-0.25, -0.2) is 0 Å². The zero-order chi connectivity index (χ0) is 53.8. The molecule has 0 N–H and O–H groups in total. The number of rotatable bonds is 7. The summed E-state index contributed by atoms with van der Waals surface area (Å²) in [7, 11) is 0.137. The van der Waals surface area contributed by atoms with Crippen molar-refractivity contribution in [3.63, 3.8) is 0 Å². The van der Waals surface area contributed by atoms with Gasteiger partial charge >= 0.3 is 49.4 Å². The normalized spacial score (nSPS) is 13.6. The average Bonchev–Trinajstić information content (AvgIpc) is 3.18. The van der Waals surface area contributed by atoms with Crippen molar-refractivity contribution in [1.29, 1.82) is 0 Å². The molecule has 0 amide bonds. The molecule has 0 saturated carbocycles. The van der Waals surface area contributed by atoms with Crippen LogP contribution in [0.25, 0.3) is 0 Å². The maximum absolute atomic E-state index is 14.2. The topological polar surface area (TPSA) is 17.1 Å². The molecule has 0 aliphatic heterocycles. The van der Waals surface area contributed by atoms with Gasteiger partial charge in [-0.15, -0.1) is 0 Å². The van der Waals surface area contributed by atoms with E-state index in [1.165, 1.54) is 0 Å². The van der Waals surface area contributed by atoms with Crippen LogP contribution >= 0.6 is 11.6 Å². The van der Waals surface area contributed by atoms with E-state index in [1.54, 1.807) is 12.1 Å². The van der Waals surface area contributed by atoms with Crippen molar-refractivity contribution < 1.29 is 110 Å². The van der Waals surface area contributed by atoms with Crippen LogP contribution in [0.2, 0.25) is 5.02 Å². The zero-order valence-electron chi connectivity index (χ0n) is 34.3. The Morgan fingerprint density at radius 2 is 0.586 bits per heavy atom. The molecule has 0 unspecified atom stereocenters. The molecule has 0 heterocycles. The van der Waals surface area contributed by atoms with Gasteiger partial charge < -0.3 is 0 Å².